The Balaban J connectivity index is 1.55. The monoisotopic (exact) mass is 431 g/mol. The Kier molecular flexibility index (Phi) is 3.91. The largest absolute Gasteiger partial charge is 0.497 e. The minimum Gasteiger partial charge on any atom is -0.497 e. The molecule has 4 atom stereocenters. The summed E-state index contributed by atoms with van der Waals surface area (Å²) in [6.45, 7) is 4.66. The van der Waals surface area contributed by atoms with E-state index >= 15 is 0 Å². The summed E-state index contributed by atoms with van der Waals surface area (Å²) < 4.78 is 5.44. The van der Waals surface area contributed by atoms with E-state index in [9.17, 15) is 14.4 Å². The summed E-state index contributed by atoms with van der Waals surface area (Å²) in [5.74, 6) is -1.36. The zero-order valence-electron chi connectivity index (χ0n) is 18.3. The molecule has 32 heavy (non-hydrogen) atoms. The number of hydrogen-bond acceptors (Lipinski definition) is 5. The van der Waals surface area contributed by atoms with Crippen LogP contribution in [0.5, 0.6) is 5.75 Å². The Morgan fingerprint density at radius 2 is 1.84 bits per heavy atom. The van der Waals surface area contributed by atoms with Gasteiger partial charge in [-0.05, 0) is 74.7 Å². The van der Waals surface area contributed by atoms with Crippen molar-refractivity contribution in [1.29, 1.82) is 0 Å². The normalized spacial score (nSPS) is 30.7. The van der Waals surface area contributed by atoms with Crippen LogP contribution in [0.15, 0.2) is 36.4 Å². The molecule has 0 aliphatic carbocycles. The van der Waals surface area contributed by atoms with Gasteiger partial charge in [-0.2, -0.15) is 0 Å². The molecule has 0 radical (unpaired) electrons. The molecule has 3 saturated heterocycles. The van der Waals surface area contributed by atoms with E-state index in [4.69, 9.17) is 4.74 Å². The lowest BCUT2D eigenvalue weighted by Gasteiger charge is -2.36. The molecular formula is C25H25N3O4. The maximum atomic E-state index is 14.0. The van der Waals surface area contributed by atoms with Crippen molar-refractivity contribution in [2.24, 2.45) is 11.8 Å². The van der Waals surface area contributed by atoms with Crippen LogP contribution in [-0.2, 0) is 19.9 Å². The van der Waals surface area contributed by atoms with Crippen LogP contribution in [0, 0.1) is 25.7 Å². The van der Waals surface area contributed by atoms with Crippen LogP contribution in [0.1, 0.15) is 29.5 Å². The highest BCUT2D eigenvalue weighted by Gasteiger charge is 2.74. The number of anilines is 2. The number of ether oxygens (including phenoxy) is 1. The SMILES string of the molecule is COc1ccc2c(c1)[C@]1(C(=O)N2)[C@@H]2C(=O)N(c3ccc(C)c(C)c3)C(=O)[C@@H]2[C@@H]2CCCN21. The Labute approximate surface area is 186 Å². The van der Waals surface area contributed by atoms with Gasteiger partial charge in [0.05, 0.1) is 24.6 Å². The first-order valence-corrected chi connectivity index (χ1v) is 11.1. The molecule has 6 rings (SSSR count). The van der Waals surface area contributed by atoms with E-state index in [1.54, 1.807) is 13.2 Å². The molecule has 3 amide bonds. The molecule has 0 saturated carbocycles. The molecular weight excluding hydrogens is 406 g/mol. The topological polar surface area (TPSA) is 79.0 Å². The van der Waals surface area contributed by atoms with Gasteiger partial charge in [0, 0.05) is 17.3 Å². The molecule has 1 N–H and O–H groups in total. The van der Waals surface area contributed by atoms with Crippen LogP contribution in [0.2, 0.25) is 0 Å². The van der Waals surface area contributed by atoms with E-state index in [1.807, 2.05) is 44.2 Å². The molecule has 0 bridgehead atoms. The maximum absolute atomic E-state index is 14.0. The molecule has 7 heteroatoms. The summed E-state index contributed by atoms with van der Waals surface area (Å²) in [5.41, 5.74) is 2.95. The number of hydrogen-bond donors (Lipinski definition) is 1. The molecule has 0 unspecified atom stereocenters. The van der Waals surface area contributed by atoms with Gasteiger partial charge in [-0.1, -0.05) is 6.07 Å². The number of rotatable bonds is 2. The van der Waals surface area contributed by atoms with Crippen molar-refractivity contribution in [2.45, 2.75) is 38.3 Å². The Morgan fingerprint density at radius 3 is 2.59 bits per heavy atom. The molecule has 164 valence electrons. The average Bonchev–Trinajstić information content (AvgIpc) is 3.48. The lowest BCUT2D eigenvalue weighted by Crippen LogP contribution is -2.54. The lowest BCUT2D eigenvalue weighted by molar-refractivity contribution is -0.135. The quantitative estimate of drug-likeness (QED) is 0.740. The number of fused-ring (bicyclic) bond motifs is 7. The first-order valence-electron chi connectivity index (χ1n) is 11.1. The number of nitrogens with zero attached hydrogens (tertiary/aromatic N) is 2. The van der Waals surface area contributed by atoms with Gasteiger partial charge in [-0.25, -0.2) is 4.90 Å². The van der Waals surface area contributed by atoms with Gasteiger partial charge < -0.3 is 10.1 Å². The van der Waals surface area contributed by atoms with Crippen LogP contribution in [0.25, 0.3) is 0 Å². The second-order valence-corrected chi connectivity index (χ2v) is 9.32. The highest BCUT2D eigenvalue weighted by atomic mass is 16.5. The highest BCUT2D eigenvalue weighted by molar-refractivity contribution is 6.25. The predicted octanol–water partition coefficient (Wildman–Crippen LogP) is 2.74. The average molecular weight is 431 g/mol. The predicted molar refractivity (Wildman–Crippen MR) is 118 cm³/mol. The fraction of sp³-hybridized carbons (Fsp3) is 0.400. The Hall–Kier alpha value is -3.19. The number of carbonyl (C=O) groups excluding carboxylic acids is 3. The van der Waals surface area contributed by atoms with Crippen molar-refractivity contribution in [1.82, 2.24) is 4.90 Å². The molecule has 2 aromatic rings. The van der Waals surface area contributed by atoms with Gasteiger partial charge in [0.2, 0.25) is 17.7 Å². The summed E-state index contributed by atoms with van der Waals surface area (Å²) in [5, 5.41) is 3.00. The molecule has 4 aliphatic heterocycles. The zero-order valence-corrected chi connectivity index (χ0v) is 18.3. The number of imide groups is 1. The van der Waals surface area contributed by atoms with Crippen molar-refractivity contribution in [2.75, 3.05) is 23.9 Å². The molecule has 2 aromatic carbocycles. The fourth-order valence-electron chi connectivity index (χ4n) is 6.43. The molecule has 4 heterocycles. The van der Waals surface area contributed by atoms with E-state index in [1.165, 1.54) is 4.90 Å². The van der Waals surface area contributed by atoms with Crippen molar-refractivity contribution >= 4 is 29.1 Å². The van der Waals surface area contributed by atoms with Crippen molar-refractivity contribution in [3.8, 4) is 5.75 Å². The van der Waals surface area contributed by atoms with Crippen molar-refractivity contribution in [3.63, 3.8) is 0 Å². The highest BCUT2D eigenvalue weighted by Crippen LogP contribution is 2.61. The zero-order chi connectivity index (χ0) is 22.4. The van der Waals surface area contributed by atoms with Gasteiger partial charge in [0.25, 0.3) is 0 Å². The van der Waals surface area contributed by atoms with Gasteiger partial charge in [0.15, 0.2) is 0 Å². The fourth-order valence-corrected chi connectivity index (χ4v) is 6.43. The third kappa shape index (κ3) is 2.17. The summed E-state index contributed by atoms with van der Waals surface area (Å²) in [4.78, 5) is 44.8. The van der Waals surface area contributed by atoms with Crippen LogP contribution >= 0.6 is 0 Å². The van der Waals surface area contributed by atoms with Gasteiger partial charge >= 0.3 is 0 Å². The van der Waals surface area contributed by atoms with Crippen LogP contribution < -0.4 is 15.0 Å². The van der Waals surface area contributed by atoms with Crippen molar-refractivity contribution < 1.29 is 19.1 Å². The minimum atomic E-state index is -1.18. The maximum Gasteiger partial charge on any atom is 0.250 e. The number of benzene rings is 2. The number of carbonyl (C=O) groups is 3. The number of aryl methyl sites for hydroxylation is 2. The second kappa shape index (κ2) is 6.42. The van der Waals surface area contributed by atoms with E-state index in [2.05, 4.69) is 10.2 Å². The van der Waals surface area contributed by atoms with Crippen molar-refractivity contribution in [3.05, 3.63) is 53.1 Å². The van der Waals surface area contributed by atoms with Gasteiger partial charge in [0.1, 0.15) is 11.3 Å². The Morgan fingerprint density at radius 1 is 1.03 bits per heavy atom. The number of amides is 3. The standard InChI is InChI=1S/C25H25N3O4/c1-13-6-7-15(11-14(13)2)28-22(29)20-19-5-4-10-27(19)25(21(20)23(28)30)17-12-16(32-3)8-9-18(17)26-24(25)31/h6-9,11-12,19-21H,4-5,10H2,1-3H3,(H,26,31)/t19-,20+,21-,25+/m0/s1. The third-order valence-electron chi connectivity index (χ3n) is 7.95. The first-order chi connectivity index (χ1) is 15.4. The van der Waals surface area contributed by atoms with Gasteiger partial charge in [-0.3, -0.25) is 19.3 Å². The van der Waals surface area contributed by atoms with E-state index < -0.39 is 17.4 Å². The molecule has 3 fully saturated rings. The third-order valence-corrected chi connectivity index (χ3v) is 7.95. The Bertz CT molecular complexity index is 1210. The summed E-state index contributed by atoms with van der Waals surface area (Å²) >= 11 is 0. The summed E-state index contributed by atoms with van der Waals surface area (Å²) in [7, 11) is 1.58. The van der Waals surface area contributed by atoms with E-state index in [-0.39, 0.29) is 23.8 Å². The van der Waals surface area contributed by atoms with E-state index in [0.717, 1.165) is 29.5 Å². The molecule has 7 nitrogen and oxygen atoms in total. The second-order valence-electron chi connectivity index (χ2n) is 9.32. The summed E-state index contributed by atoms with van der Waals surface area (Å²) in [6, 6.07) is 11.0. The number of methoxy groups -OCH3 is 1. The van der Waals surface area contributed by atoms with Gasteiger partial charge in [-0.15, -0.1) is 0 Å². The molecule has 4 aliphatic rings. The lowest BCUT2D eigenvalue weighted by atomic mass is 9.75. The number of nitrogens with one attached hydrogen (secondary N) is 1. The van der Waals surface area contributed by atoms with Crippen LogP contribution in [0.3, 0.4) is 0 Å². The molecule has 1 spiro atoms. The smallest absolute Gasteiger partial charge is 0.250 e. The van der Waals surface area contributed by atoms with Crippen LogP contribution in [-0.4, -0.2) is 42.3 Å². The molecule has 0 aromatic heterocycles. The van der Waals surface area contributed by atoms with Crippen LogP contribution in [0.4, 0.5) is 11.4 Å². The summed E-state index contributed by atoms with van der Waals surface area (Å²) in [6.07, 6.45) is 1.70. The first kappa shape index (κ1) is 19.5. The minimum absolute atomic E-state index is 0.129. The van der Waals surface area contributed by atoms with E-state index in [0.29, 0.717) is 23.7 Å².